The molecule has 2 atom stereocenters. The van der Waals surface area contributed by atoms with E-state index >= 15 is 0 Å². The van der Waals surface area contributed by atoms with Gasteiger partial charge < -0.3 is 33.9 Å². The molecule has 0 saturated carbocycles. The quantitative estimate of drug-likeness (QED) is 0.414. The predicted molar refractivity (Wildman–Crippen MR) is 139 cm³/mol. The van der Waals surface area contributed by atoms with Gasteiger partial charge in [-0.3, -0.25) is 9.69 Å². The van der Waals surface area contributed by atoms with Crippen LogP contribution in [0.1, 0.15) is 35.6 Å². The minimum Gasteiger partial charge on any atom is -0.486 e. The molecule has 0 amide bonds. The first-order valence-corrected chi connectivity index (χ1v) is 13.3. The number of ether oxygens (including phenoxy) is 3. The van der Waals surface area contributed by atoms with Crippen molar-refractivity contribution in [3.63, 3.8) is 0 Å². The number of hydrogen-bond donors (Lipinski definition) is 2. The smallest absolute Gasteiger partial charge is 0.257 e. The standard InChI is InChI=1S/C28H32N4O6/c1-3-28(35)20-11-22-25-18(14-32(22)26(33)19(20)15-38-27(28)34)17(13-31-6-4-30(2)5-7-31)16-10-23-24(12-21(16)29-25)37-9-8-36-23/h10-12,27,34-35H,3-9,13-15H2,1-2H3/t27-,28+/m1/s1. The molecule has 10 heteroatoms. The van der Waals surface area contributed by atoms with Gasteiger partial charge in [0, 0.05) is 60.9 Å². The molecule has 0 spiro atoms. The molecule has 1 fully saturated rings. The van der Waals surface area contributed by atoms with Gasteiger partial charge in [0.05, 0.1) is 30.1 Å². The highest BCUT2D eigenvalue weighted by molar-refractivity contribution is 5.90. The molecule has 200 valence electrons. The molecule has 0 bridgehead atoms. The summed E-state index contributed by atoms with van der Waals surface area (Å²) < 4.78 is 18.9. The molecule has 0 aliphatic carbocycles. The van der Waals surface area contributed by atoms with Crippen LogP contribution < -0.4 is 15.0 Å². The summed E-state index contributed by atoms with van der Waals surface area (Å²) in [5.74, 6) is 1.38. The van der Waals surface area contributed by atoms with E-state index in [0.29, 0.717) is 48.1 Å². The third kappa shape index (κ3) is 3.51. The monoisotopic (exact) mass is 520 g/mol. The number of pyridine rings is 2. The summed E-state index contributed by atoms with van der Waals surface area (Å²) in [5, 5.41) is 22.8. The number of rotatable bonds is 3. The van der Waals surface area contributed by atoms with E-state index in [0.717, 1.165) is 60.4 Å². The Balaban J connectivity index is 1.44. The fourth-order valence-electron chi connectivity index (χ4n) is 6.22. The van der Waals surface area contributed by atoms with Crippen LogP contribution in [0.15, 0.2) is 23.0 Å². The number of aromatic nitrogens is 2. The Labute approximate surface area is 220 Å². The highest BCUT2D eigenvalue weighted by Gasteiger charge is 2.44. The average molecular weight is 521 g/mol. The average Bonchev–Trinajstić information content (AvgIpc) is 3.30. The van der Waals surface area contributed by atoms with Gasteiger partial charge >= 0.3 is 0 Å². The third-order valence-corrected chi connectivity index (χ3v) is 8.60. The molecule has 38 heavy (non-hydrogen) atoms. The summed E-state index contributed by atoms with van der Waals surface area (Å²) in [4.78, 5) is 23.6. The van der Waals surface area contributed by atoms with Crippen LogP contribution in [-0.4, -0.2) is 82.3 Å². The lowest BCUT2D eigenvalue weighted by atomic mass is 9.85. The molecule has 2 aromatic heterocycles. The fraction of sp³-hybridized carbons (Fsp3) is 0.500. The summed E-state index contributed by atoms with van der Waals surface area (Å²) in [6, 6.07) is 5.78. The van der Waals surface area contributed by atoms with E-state index in [9.17, 15) is 15.0 Å². The SMILES string of the molecule is CC[C@]1(O)c2cc3n(c(=O)c2CO[C@H]1O)Cc1c-3nc2cc3c(cc2c1CN1CCN(C)CC1)OCCO3. The van der Waals surface area contributed by atoms with Gasteiger partial charge in [-0.15, -0.1) is 0 Å². The van der Waals surface area contributed by atoms with Crippen molar-refractivity contribution in [1.82, 2.24) is 19.4 Å². The lowest BCUT2D eigenvalue weighted by Crippen LogP contribution is -2.47. The van der Waals surface area contributed by atoms with E-state index in [4.69, 9.17) is 19.2 Å². The minimum atomic E-state index is -1.66. The Bertz CT molecular complexity index is 1510. The van der Waals surface area contributed by atoms with Gasteiger partial charge in [0.2, 0.25) is 0 Å². The van der Waals surface area contributed by atoms with Crippen molar-refractivity contribution in [2.45, 2.75) is 44.9 Å². The number of fused-ring (bicyclic) bond motifs is 6. The van der Waals surface area contributed by atoms with Crippen molar-refractivity contribution in [2.24, 2.45) is 0 Å². The van der Waals surface area contributed by atoms with Crippen LogP contribution >= 0.6 is 0 Å². The van der Waals surface area contributed by atoms with Gasteiger partial charge in [0.1, 0.15) is 18.8 Å². The van der Waals surface area contributed by atoms with Gasteiger partial charge in [0.15, 0.2) is 17.8 Å². The van der Waals surface area contributed by atoms with Crippen LogP contribution in [0, 0.1) is 0 Å². The first-order chi connectivity index (χ1) is 18.4. The highest BCUT2D eigenvalue weighted by atomic mass is 16.6. The maximum atomic E-state index is 13.7. The van der Waals surface area contributed by atoms with Crippen molar-refractivity contribution < 1.29 is 24.4 Å². The van der Waals surface area contributed by atoms with Crippen molar-refractivity contribution in [2.75, 3.05) is 46.4 Å². The van der Waals surface area contributed by atoms with Gasteiger partial charge in [-0.25, -0.2) is 4.98 Å². The zero-order valence-corrected chi connectivity index (χ0v) is 21.7. The van der Waals surface area contributed by atoms with Crippen molar-refractivity contribution in [3.05, 3.63) is 50.8 Å². The molecule has 1 saturated heterocycles. The van der Waals surface area contributed by atoms with Crippen molar-refractivity contribution in [1.29, 1.82) is 0 Å². The Morgan fingerprint density at radius 3 is 2.55 bits per heavy atom. The number of likely N-dealkylation sites (N-methyl/N-ethyl adjacent to an activating group) is 1. The lowest BCUT2D eigenvalue weighted by Gasteiger charge is -2.37. The molecular weight excluding hydrogens is 488 g/mol. The molecule has 1 aromatic carbocycles. The molecule has 3 aromatic rings. The van der Waals surface area contributed by atoms with Crippen LogP contribution in [0.2, 0.25) is 0 Å². The fourth-order valence-corrected chi connectivity index (χ4v) is 6.22. The van der Waals surface area contributed by atoms with Gasteiger partial charge in [-0.05, 0) is 31.2 Å². The Kier molecular flexibility index (Phi) is 5.54. The topological polar surface area (TPSA) is 110 Å². The van der Waals surface area contributed by atoms with E-state index < -0.39 is 11.9 Å². The molecule has 4 aliphatic heterocycles. The molecule has 7 rings (SSSR count). The van der Waals surface area contributed by atoms with Gasteiger partial charge in [-0.1, -0.05) is 6.92 Å². The molecular formula is C28H32N4O6. The molecule has 2 N–H and O–H groups in total. The molecule has 6 heterocycles. The maximum Gasteiger partial charge on any atom is 0.257 e. The first kappa shape index (κ1) is 24.1. The molecule has 0 unspecified atom stereocenters. The summed E-state index contributed by atoms with van der Waals surface area (Å²) >= 11 is 0. The number of benzene rings is 1. The number of aliphatic hydroxyl groups is 2. The van der Waals surface area contributed by atoms with Crippen LogP contribution in [0.3, 0.4) is 0 Å². The second-order valence-corrected chi connectivity index (χ2v) is 10.8. The first-order valence-electron chi connectivity index (χ1n) is 13.3. The number of aliphatic hydroxyl groups excluding tert-OH is 1. The molecule has 4 aliphatic rings. The number of piperazine rings is 1. The largest absolute Gasteiger partial charge is 0.486 e. The summed E-state index contributed by atoms with van der Waals surface area (Å²) in [6.45, 7) is 7.77. The number of nitrogens with zero attached hydrogens (tertiary/aromatic N) is 4. The molecule has 0 radical (unpaired) electrons. The summed E-state index contributed by atoms with van der Waals surface area (Å²) in [5.41, 5.74) is 3.25. The minimum absolute atomic E-state index is 0.0424. The van der Waals surface area contributed by atoms with E-state index in [2.05, 4.69) is 16.8 Å². The highest BCUT2D eigenvalue weighted by Crippen LogP contribution is 2.43. The van der Waals surface area contributed by atoms with Crippen LogP contribution in [-0.2, 0) is 30.0 Å². The Morgan fingerprint density at radius 1 is 1.08 bits per heavy atom. The third-order valence-electron chi connectivity index (χ3n) is 8.60. The van der Waals surface area contributed by atoms with Gasteiger partial charge in [-0.2, -0.15) is 0 Å². The van der Waals surface area contributed by atoms with E-state index in [1.54, 1.807) is 11.5 Å². The zero-order valence-electron chi connectivity index (χ0n) is 21.7. The van der Waals surface area contributed by atoms with E-state index in [-0.39, 0.29) is 18.6 Å². The van der Waals surface area contributed by atoms with Crippen molar-refractivity contribution >= 4 is 10.9 Å². The Hall–Kier alpha value is -3.02. The second kappa shape index (κ2) is 8.75. The van der Waals surface area contributed by atoms with Crippen molar-refractivity contribution in [3.8, 4) is 22.9 Å². The zero-order chi connectivity index (χ0) is 26.2. The number of hydrogen-bond acceptors (Lipinski definition) is 9. The molecule has 10 nitrogen and oxygen atoms in total. The summed E-state index contributed by atoms with van der Waals surface area (Å²) in [6.07, 6.45) is -1.19. The summed E-state index contributed by atoms with van der Waals surface area (Å²) in [7, 11) is 2.14. The second-order valence-electron chi connectivity index (χ2n) is 10.8. The lowest BCUT2D eigenvalue weighted by molar-refractivity contribution is -0.236. The predicted octanol–water partition coefficient (Wildman–Crippen LogP) is 1.39. The van der Waals surface area contributed by atoms with E-state index in [1.165, 1.54) is 0 Å². The maximum absolute atomic E-state index is 13.7. The van der Waals surface area contributed by atoms with Crippen LogP contribution in [0.25, 0.3) is 22.3 Å². The van der Waals surface area contributed by atoms with E-state index in [1.807, 2.05) is 18.2 Å². The van der Waals surface area contributed by atoms with Crippen LogP contribution in [0.4, 0.5) is 0 Å². The Morgan fingerprint density at radius 2 is 1.82 bits per heavy atom. The van der Waals surface area contributed by atoms with Crippen LogP contribution in [0.5, 0.6) is 11.5 Å². The normalized spacial score (nSPS) is 24.8. The van der Waals surface area contributed by atoms with Gasteiger partial charge in [0.25, 0.3) is 5.56 Å².